The molecule has 0 aliphatic heterocycles. The summed E-state index contributed by atoms with van der Waals surface area (Å²) < 4.78 is 0. The van der Waals surface area contributed by atoms with Crippen molar-refractivity contribution in [1.29, 1.82) is 0 Å². The molecule has 38 valence electrons. The number of hydrogen-bond acceptors (Lipinski definition) is 1. The van der Waals surface area contributed by atoms with Crippen LogP contribution in [-0.2, 0) is 0 Å². The van der Waals surface area contributed by atoms with Crippen molar-refractivity contribution in [1.82, 2.24) is 0 Å². The average molecular weight is 95.1 g/mol. The Morgan fingerprint density at radius 2 is 2.14 bits per heavy atom. The Morgan fingerprint density at radius 3 is 2.14 bits per heavy atom. The van der Waals surface area contributed by atoms with Gasteiger partial charge >= 0.3 is 0 Å². The van der Waals surface area contributed by atoms with Gasteiger partial charge in [-0.1, -0.05) is 18.2 Å². The van der Waals surface area contributed by atoms with Crippen molar-refractivity contribution >= 4 is 0 Å². The topological polar surface area (TPSA) is 26.0 Å². The van der Waals surface area contributed by atoms with Gasteiger partial charge in [0, 0.05) is 12.0 Å². The maximum absolute atomic E-state index is 5.45. The van der Waals surface area contributed by atoms with Crippen LogP contribution in [0.2, 0.25) is 0 Å². The Balaban J connectivity index is 2.53. The van der Waals surface area contributed by atoms with Crippen molar-refractivity contribution in [3.63, 3.8) is 0 Å². The van der Waals surface area contributed by atoms with Crippen LogP contribution in [0.1, 0.15) is 0 Å². The minimum Gasteiger partial charge on any atom is -0.323 e. The van der Waals surface area contributed by atoms with Crippen molar-refractivity contribution in [2.24, 2.45) is 11.7 Å². The molecule has 0 spiro atoms. The zero-order chi connectivity index (χ0) is 5.44. The summed E-state index contributed by atoms with van der Waals surface area (Å²) >= 11 is 0. The van der Waals surface area contributed by atoms with E-state index in [1.54, 1.807) is 0 Å². The quantitative estimate of drug-likeness (QED) is 0.476. The van der Waals surface area contributed by atoms with E-state index in [-0.39, 0.29) is 6.04 Å². The number of rotatable bonds is 1. The van der Waals surface area contributed by atoms with Gasteiger partial charge in [0.25, 0.3) is 0 Å². The summed E-state index contributed by atoms with van der Waals surface area (Å²) in [7, 11) is 0. The fraction of sp³-hybridized carbons (Fsp3) is 0.333. The Hall–Kier alpha value is -0.560. The molecule has 0 radical (unpaired) electrons. The highest BCUT2D eigenvalue weighted by molar-refractivity contribution is 5.35. The van der Waals surface area contributed by atoms with Crippen molar-refractivity contribution in [2.45, 2.75) is 6.04 Å². The fourth-order valence-corrected chi connectivity index (χ4v) is 0.660. The molecule has 0 aromatic carbocycles. The van der Waals surface area contributed by atoms with E-state index in [0.29, 0.717) is 5.92 Å². The monoisotopic (exact) mass is 95.1 g/mol. The molecule has 1 rings (SSSR count). The minimum absolute atomic E-state index is 0.220. The molecule has 2 unspecified atom stereocenters. The molecular formula is C6H9N. The van der Waals surface area contributed by atoms with Crippen molar-refractivity contribution in [3.8, 4) is 0 Å². The zero-order valence-corrected chi connectivity index (χ0v) is 4.22. The molecule has 0 saturated heterocycles. The first-order valence-electron chi connectivity index (χ1n) is 2.34. The second kappa shape index (κ2) is 1.20. The second-order valence-corrected chi connectivity index (χ2v) is 1.86. The van der Waals surface area contributed by atoms with E-state index in [2.05, 4.69) is 13.2 Å². The lowest BCUT2D eigenvalue weighted by Gasteiger charge is -1.71. The molecule has 1 aliphatic rings. The zero-order valence-electron chi connectivity index (χ0n) is 4.22. The van der Waals surface area contributed by atoms with Gasteiger partial charge in [0.05, 0.1) is 0 Å². The molecule has 1 saturated carbocycles. The molecule has 1 nitrogen and oxygen atoms in total. The summed E-state index contributed by atoms with van der Waals surface area (Å²) in [5, 5.41) is 0. The lowest BCUT2D eigenvalue weighted by Crippen LogP contribution is -1.99. The second-order valence-electron chi connectivity index (χ2n) is 1.86. The summed E-state index contributed by atoms with van der Waals surface area (Å²) in [4.78, 5) is 0. The van der Waals surface area contributed by atoms with Crippen LogP contribution in [0, 0.1) is 5.92 Å². The van der Waals surface area contributed by atoms with Gasteiger partial charge in [-0.25, -0.2) is 0 Å². The van der Waals surface area contributed by atoms with E-state index < -0.39 is 0 Å². The van der Waals surface area contributed by atoms with E-state index in [4.69, 9.17) is 5.73 Å². The highest BCUT2D eigenvalue weighted by Gasteiger charge is 2.35. The third-order valence-corrected chi connectivity index (χ3v) is 1.39. The lowest BCUT2D eigenvalue weighted by atomic mass is 10.4. The van der Waals surface area contributed by atoms with Crippen LogP contribution in [0.4, 0.5) is 0 Å². The van der Waals surface area contributed by atoms with E-state index >= 15 is 0 Å². The van der Waals surface area contributed by atoms with Crippen LogP contribution in [0.3, 0.4) is 0 Å². The predicted octanol–water partition coefficient (Wildman–Crippen LogP) is 0.686. The lowest BCUT2D eigenvalue weighted by molar-refractivity contribution is 0.979. The van der Waals surface area contributed by atoms with Crippen molar-refractivity contribution in [3.05, 3.63) is 24.8 Å². The molecular weight excluding hydrogens is 86.1 g/mol. The Labute approximate surface area is 43.5 Å². The van der Waals surface area contributed by atoms with Gasteiger partial charge in [-0.2, -0.15) is 0 Å². The SMILES string of the molecule is C=CC1C(=C)C1N. The summed E-state index contributed by atoms with van der Waals surface area (Å²) in [5.41, 5.74) is 6.57. The van der Waals surface area contributed by atoms with E-state index in [1.165, 1.54) is 0 Å². The smallest absolute Gasteiger partial charge is 0.0359 e. The molecule has 1 fully saturated rings. The van der Waals surface area contributed by atoms with E-state index in [0.717, 1.165) is 5.57 Å². The first-order valence-corrected chi connectivity index (χ1v) is 2.34. The van der Waals surface area contributed by atoms with Crippen molar-refractivity contribution < 1.29 is 0 Å². The van der Waals surface area contributed by atoms with Crippen LogP contribution in [0.5, 0.6) is 0 Å². The summed E-state index contributed by atoms with van der Waals surface area (Å²) in [5.74, 6) is 0.417. The normalized spacial score (nSPS) is 38.1. The largest absolute Gasteiger partial charge is 0.323 e. The van der Waals surface area contributed by atoms with Crippen LogP contribution < -0.4 is 5.73 Å². The Kier molecular flexibility index (Phi) is 0.790. The third kappa shape index (κ3) is 0.492. The van der Waals surface area contributed by atoms with E-state index in [1.807, 2.05) is 6.08 Å². The van der Waals surface area contributed by atoms with Crippen LogP contribution in [0.25, 0.3) is 0 Å². The number of nitrogens with two attached hydrogens (primary N) is 1. The molecule has 0 aromatic heterocycles. The summed E-state index contributed by atoms with van der Waals surface area (Å²) in [6, 6.07) is 0.220. The first-order chi connectivity index (χ1) is 3.27. The van der Waals surface area contributed by atoms with Crippen LogP contribution >= 0.6 is 0 Å². The van der Waals surface area contributed by atoms with E-state index in [9.17, 15) is 0 Å². The number of hydrogen-bond donors (Lipinski definition) is 1. The summed E-state index contributed by atoms with van der Waals surface area (Å²) in [6.07, 6.45) is 1.84. The highest BCUT2D eigenvalue weighted by Crippen LogP contribution is 2.34. The molecule has 2 N–H and O–H groups in total. The fourth-order valence-electron chi connectivity index (χ4n) is 0.660. The molecule has 0 bridgehead atoms. The maximum Gasteiger partial charge on any atom is 0.0359 e. The van der Waals surface area contributed by atoms with Gasteiger partial charge in [0.1, 0.15) is 0 Å². The molecule has 0 amide bonds. The minimum atomic E-state index is 0.220. The molecule has 1 aliphatic carbocycles. The van der Waals surface area contributed by atoms with Gasteiger partial charge < -0.3 is 5.73 Å². The Bertz CT molecular complexity index is 115. The maximum atomic E-state index is 5.45. The van der Waals surface area contributed by atoms with Gasteiger partial charge in [0.2, 0.25) is 0 Å². The Morgan fingerprint density at radius 1 is 1.71 bits per heavy atom. The molecule has 0 heterocycles. The van der Waals surface area contributed by atoms with Gasteiger partial charge in [0.15, 0.2) is 0 Å². The molecule has 7 heavy (non-hydrogen) atoms. The van der Waals surface area contributed by atoms with Gasteiger partial charge in [-0.05, 0) is 0 Å². The molecule has 2 atom stereocenters. The highest BCUT2D eigenvalue weighted by atomic mass is 14.7. The van der Waals surface area contributed by atoms with Crippen LogP contribution in [0.15, 0.2) is 24.8 Å². The van der Waals surface area contributed by atoms with Crippen LogP contribution in [-0.4, -0.2) is 6.04 Å². The third-order valence-electron chi connectivity index (χ3n) is 1.39. The summed E-state index contributed by atoms with van der Waals surface area (Å²) in [6.45, 7) is 7.29. The predicted molar refractivity (Wildman–Crippen MR) is 30.8 cm³/mol. The average Bonchev–Trinajstić information content (AvgIpc) is 2.17. The van der Waals surface area contributed by atoms with Gasteiger partial charge in [-0.3, -0.25) is 0 Å². The standard InChI is InChI=1S/C6H9N/c1-3-5-4(2)6(5)7/h3,5-6H,1-2,7H2. The first kappa shape index (κ1) is 4.60. The molecule has 0 aromatic rings. The van der Waals surface area contributed by atoms with Gasteiger partial charge in [-0.15, -0.1) is 6.58 Å². The molecule has 1 heteroatoms. The van der Waals surface area contributed by atoms with Crippen molar-refractivity contribution in [2.75, 3.05) is 0 Å².